The number of ether oxygens (including phenoxy) is 1. The van der Waals surface area contributed by atoms with Gasteiger partial charge in [0.15, 0.2) is 5.82 Å². The van der Waals surface area contributed by atoms with Crippen LogP contribution in [0, 0.1) is 13.8 Å². The molecule has 0 bridgehead atoms. The van der Waals surface area contributed by atoms with E-state index in [1.165, 1.54) is 0 Å². The molecule has 3 rings (SSSR count). The first-order valence-electron chi connectivity index (χ1n) is 7.27. The first-order chi connectivity index (χ1) is 10.4. The highest BCUT2D eigenvalue weighted by molar-refractivity contribution is 4.98. The molecule has 0 saturated carbocycles. The van der Waals surface area contributed by atoms with E-state index in [2.05, 4.69) is 24.8 Å². The molecule has 3 heterocycles. The number of hydrogen-bond acceptors (Lipinski definition) is 8. The molecular formula is C14H24N4O4. The largest absolute Gasteiger partial charge is 0.382 e. The Hall–Kier alpha value is -1.80. The Bertz CT molecular complexity index is 555. The summed E-state index contributed by atoms with van der Waals surface area (Å²) in [5, 5.41) is 16.6. The molecule has 0 aliphatic carbocycles. The van der Waals surface area contributed by atoms with E-state index in [9.17, 15) is 5.11 Å². The van der Waals surface area contributed by atoms with Crippen LogP contribution in [-0.2, 0) is 10.3 Å². The van der Waals surface area contributed by atoms with Crippen LogP contribution in [-0.4, -0.2) is 38.6 Å². The van der Waals surface area contributed by atoms with Gasteiger partial charge in [-0.05, 0) is 13.8 Å². The smallest absolute Gasteiger partial charge is 0.223 e. The van der Waals surface area contributed by atoms with E-state index < -0.39 is 5.60 Å². The Morgan fingerprint density at radius 2 is 1.55 bits per heavy atom. The van der Waals surface area contributed by atoms with Crippen LogP contribution < -0.4 is 0 Å². The number of aryl methyl sites for hydroxylation is 2. The van der Waals surface area contributed by atoms with E-state index in [0.29, 0.717) is 23.5 Å². The standard InChI is InChI=1S/C6H8N2O2.C6H10N2O2.C2H6/c1-4-7-6(8-10-4)5-2-9-3-5;1-4-7-5(8-10-4)6(2,3)9;1-2/h5H,2-3H2,1H3;9H,1-3H3;1-2H3. The average molecular weight is 312 g/mol. The van der Waals surface area contributed by atoms with Crippen LogP contribution in [0.4, 0.5) is 0 Å². The molecule has 22 heavy (non-hydrogen) atoms. The van der Waals surface area contributed by atoms with Gasteiger partial charge in [0.2, 0.25) is 17.6 Å². The van der Waals surface area contributed by atoms with Crippen LogP contribution in [0.2, 0.25) is 0 Å². The molecule has 1 aliphatic rings. The zero-order chi connectivity index (χ0) is 16.8. The van der Waals surface area contributed by atoms with Crippen LogP contribution in [0.1, 0.15) is 57.0 Å². The molecule has 1 saturated heterocycles. The van der Waals surface area contributed by atoms with E-state index in [0.717, 1.165) is 19.0 Å². The fraction of sp³-hybridized carbons (Fsp3) is 0.714. The second-order valence-electron chi connectivity index (χ2n) is 5.10. The Morgan fingerprint density at radius 3 is 1.82 bits per heavy atom. The van der Waals surface area contributed by atoms with E-state index in [4.69, 9.17) is 9.26 Å². The summed E-state index contributed by atoms with van der Waals surface area (Å²) in [6.07, 6.45) is 0. The van der Waals surface area contributed by atoms with E-state index in [1.54, 1.807) is 27.7 Å². The first kappa shape index (κ1) is 18.2. The van der Waals surface area contributed by atoms with Gasteiger partial charge in [-0.25, -0.2) is 0 Å². The predicted molar refractivity (Wildman–Crippen MR) is 78.2 cm³/mol. The average Bonchev–Trinajstić information content (AvgIpc) is 2.99. The summed E-state index contributed by atoms with van der Waals surface area (Å²) in [7, 11) is 0. The van der Waals surface area contributed by atoms with Crippen LogP contribution in [0.5, 0.6) is 0 Å². The highest BCUT2D eigenvalue weighted by atomic mass is 16.5. The second kappa shape index (κ2) is 8.00. The molecule has 1 aliphatic heterocycles. The summed E-state index contributed by atoms with van der Waals surface area (Å²) in [5.74, 6) is 2.57. The number of nitrogens with zero attached hydrogens (tertiary/aromatic N) is 4. The van der Waals surface area contributed by atoms with Crippen LogP contribution in [0.25, 0.3) is 0 Å². The third-order valence-electron chi connectivity index (χ3n) is 2.62. The Labute approximate surface area is 129 Å². The predicted octanol–water partition coefficient (Wildman–Crippen LogP) is 2.12. The fourth-order valence-electron chi connectivity index (χ4n) is 1.41. The van der Waals surface area contributed by atoms with Gasteiger partial charge in [-0.3, -0.25) is 0 Å². The SMILES string of the molecule is CC.Cc1nc(C(C)(C)O)no1.Cc1nc(C2COC2)no1. The number of rotatable bonds is 2. The number of hydrogen-bond donors (Lipinski definition) is 1. The minimum atomic E-state index is -1.00. The maximum atomic E-state index is 9.32. The minimum Gasteiger partial charge on any atom is -0.382 e. The van der Waals surface area contributed by atoms with Crippen molar-refractivity contribution in [2.75, 3.05) is 13.2 Å². The first-order valence-corrected chi connectivity index (χ1v) is 7.27. The molecular weight excluding hydrogens is 288 g/mol. The Kier molecular flexibility index (Phi) is 6.63. The summed E-state index contributed by atoms with van der Waals surface area (Å²) >= 11 is 0. The van der Waals surface area contributed by atoms with Crippen LogP contribution >= 0.6 is 0 Å². The van der Waals surface area contributed by atoms with Crippen molar-refractivity contribution in [1.29, 1.82) is 0 Å². The Balaban J connectivity index is 0.000000198. The molecule has 124 valence electrons. The van der Waals surface area contributed by atoms with Crippen molar-refractivity contribution in [2.24, 2.45) is 0 Å². The van der Waals surface area contributed by atoms with Crippen molar-refractivity contribution in [1.82, 2.24) is 20.3 Å². The maximum Gasteiger partial charge on any atom is 0.223 e. The second-order valence-corrected chi connectivity index (χ2v) is 5.10. The molecule has 0 spiro atoms. The Morgan fingerprint density at radius 1 is 1.00 bits per heavy atom. The van der Waals surface area contributed by atoms with Crippen molar-refractivity contribution in [3.8, 4) is 0 Å². The zero-order valence-electron chi connectivity index (χ0n) is 14.0. The minimum absolute atomic E-state index is 0.324. The van der Waals surface area contributed by atoms with Crippen LogP contribution in [0.3, 0.4) is 0 Å². The molecule has 0 amide bonds. The van der Waals surface area contributed by atoms with Gasteiger partial charge in [-0.1, -0.05) is 24.2 Å². The van der Waals surface area contributed by atoms with Crippen molar-refractivity contribution in [2.45, 2.75) is 53.1 Å². The van der Waals surface area contributed by atoms with Gasteiger partial charge in [-0.15, -0.1) is 0 Å². The summed E-state index contributed by atoms with van der Waals surface area (Å²) < 4.78 is 14.5. The highest BCUT2D eigenvalue weighted by Gasteiger charge is 2.25. The fourth-order valence-corrected chi connectivity index (χ4v) is 1.41. The molecule has 8 nitrogen and oxygen atoms in total. The molecule has 0 aromatic carbocycles. The van der Waals surface area contributed by atoms with E-state index in [-0.39, 0.29) is 0 Å². The lowest BCUT2D eigenvalue weighted by Gasteiger charge is -2.21. The number of aliphatic hydroxyl groups is 1. The lowest BCUT2D eigenvalue weighted by Crippen LogP contribution is -2.26. The molecule has 2 aromatic heterocycles. The lowest BCUT2D eigenvalue weighted by atomic mass is 10.1. The van der Waals surface area contributed by atoms with Gasteiger partial charge in [0, 0.05) is 13.8 Å². The monoisotopic (exact) mass is 312 g/mol. The van der Waals surface area contributed by atoms with Crippen molar-refractivity contribution < 1.29 is 18.9 Å². The molecule has 0 unspecified atom stereocenters. The summed E-state index contributed by atoms with van der Waals surface area (Å²) in [6.45, 7) is 12.2. The molecule has 1 fully saturated rings. The zero-order valence-corrected chi connectivity index (χ0v) is 14.0. The molecule has 2 aromatic rings. The van der Waals surface area contributed by atoms with Gasteiger partial charge in [0.25, 0.3) is 0 Å². The maximum absolute atomic E-state index is 9.32. The third-order valence-corrected chi connectivity index (χ3v) is 2.62. The molecule has 0 atom stereocenters. The summed E-state index contributed by atoms with van der Waals surface area (Å²) in [5.41, 5.74) is -1.00. The molecule has 1 N–H and O–H groups in total. The third kappa shape index (κ3) is 5.19. The van der Waals surface area contributed by atoms with Gasteiger partial charge in [-0.2, -0.15) is 9.97 Å². The normalized spacial score (nSPS) is 14.3. The van der Waals surface area contributed by atoms with Gasteiger partial charge < -0.3 is 18.9 Å². The van der Waals surface area contributed by atoms with E-state index >= 15 is 0 Å². The molecule has 8 heteroatoms. The van der Waals surface area contributed by atoms with Crippen molar-refractivity contribution in [3.05, 3.63) is 23.4 Å². The summed E-state index contributed by atoms with van der Waals surface area (Å²) in [6, 6.07) is 0. The summed E-state index contributed by atoms with van der Waals surface area (Å²) in [4.78, 5) is 7.93. The van der Waals surface area contributed by atoms with Crippen molar-refractivity contribution in [3.63, 3.8) is 0 Å². The topological polar surface area (TPSA) is 107 Å². The van der Waals surface area contributed by atoms with Crippen molar-refractivity contribution >= 4 is 0 Å². The van der Waals surface area contributed by atoms with Crippen LogP contribution in [0.15, 0.2) is 9.05 Å². The number of aromatic nitrogens is 4. The quantitative estimate of drug-likeness (QED) is 0.898. The van der Waals surface area contributed by atoms with Gasteiger partial charge >= 0.3 is 0 Å². The molecule has 0 radical (unpaired) electrons. The lowest BCUT2D eigenvalue weighted by molar-refractivity contribution is 0.00403. The highest BCUT2D eigenvalue weighted by Crippen LogP contribution is 2.20. The van der Waals surface area contributed by atoms with Gasteiger partial charge in [0.1, 0.15) is 5.60 Å². The van der Waals surface area contributed by atoms with Gasteiger partial charge in [0.05, 0.1) is 19.1 Å². The van der Waals surface area contributed by atoms with E-state index in [1.807, 2.05) is 13.8 Å².